The number of aryl methyl sites for hydroxylation is 2. The van der Waals surface area contributed by atoms with Crippen molar-refractivity contribution >= 4 is 11.9 Å². The summed E-state index contributed by atoms with van der Waals surface area (Å²) in [6.07, 6.45) is 1.76. The van der Waals surface area contributed by atoms with Gasteiger partial charge in [0.2, 0.25) is 0 Å². The molecule has 1 aliphatic heterocycles. The highest BCUT2D eigenvalue weighted by Crippen LogP contribution is 2.23. The smallest absolute Gasteiger partial charge is 0.336 e. The van der Waals surface area contributed by atoms with Crippen LogP contribution in [0, 0.1) is 13.8 Å². The highest BCUT2D eigenvalue weighted by Gasteiger charge is 2.28. The molecular formula is C16H21NO4. The van der Waals surface area contributed by atoms with Crippen molar-refractivity contribution in [2.24, 2.45) is 0 Å². The molecule has 1 aromatic carbocycles. The topological polar surface area (TPSA) is 66.8 Å². The molecular weight excluding hydrogens is 270 g/mol. The molecule has 5 heteroatoms. The van der Waals surface area contributed by atoms with Gasteiger partial charge in [0.25, 0.3) is 5.91 Å². The van der Waals surface area contributed by atoms with E-state index in [1.54, 1.807) is 38.0 Å². The lowest BCUT2D eigenvalue weighted by Crippen LogP contribution is -2.41. The summed E-state index contributed by atoms with van der Waals surface area (Å²) >= 11 is 0. The summed E-state index contributed by atoms with van der Waals surface area (Å²) in [7, 11) is 1.68. The number of carbonyl (C=O) groups excluding carboxylic acids is 1. The fraction of sp³-hybridized carbons (Fsp3) is 0.500. The van der Waals surface area contributed by atoms with Crippen molar-refractivity contribution in [3.05, 3.63) is 34.4 Å². The van der Waals surface area contributed by atoms with Crippen LogP contribution >= 0.6 is 0 Å². The number of rotatable bonds is 3. The Labute approximate surface area is 124 Å². The van der Waals surface area contributed by atoms with E-state index in [0.29, 0.717) is 29.8 Å². The number of hydrogen-bond donors (Lipinski definition) is 1. The molecule has 1 aliphatic rings. The predicted molar refractivity (Wildman–Crippen MR) is 78.8 cm³/mol. The number of carboxylic acid groups (broad SMARTS) is 1. The first-order valence-corrected chi connectivity index (χ1v) is 7.11. The van der Waals surface area contributed by atoms with Gasteiger partial charge in [-0.05, 0) is 37.8 Å². The number of piperidine rings is 1. The Bertz CT molecular complexity index is 560. The molecule has 114 valence electrons. The Morgan fingerprint density at radius 1 is 1.14 bits per heavy atom. The largest absolute Gasteiger partial charge is 0.478 e. The van der Waals surface area contributed by atoms with E-state index in [0.717, 1.165) is 12.8 Å². The van der Waals surface area contributed by atoms with Gasteiger partial charge in [0, 0.05) is 20.2 Å². The molecule has 5 nitrogen and oxygen atoms in total. The van der Waals surface area contributed by atoms with E-state index in [1.165, 1.54) is 0 Å². The molecule has 0 radical (unpaired) electrons. The third kappa shape index (κ3) is 3.08. The number of amides is 1. The normalized spacial score (nSPS) is 16.0. The number of ether oxygens (including phenoxy) is 1. The lowest BCUT2D eigenvalue weighted by atomic mass is 9.95. The Kier molecular flexibility index (Phi) is 4.63. The first-order valence-electron chi connectivity index (χ1n) is 7.11. The SMILES string of the molecule is COC1CCN(C(=O)c2c(C)ccc(C)c2C(=O)O)CC1. The van der Waals surface area contributed by atoms with Crippen molar-refractivity contribution in [3.63, 3.8) is 0 Å². The van der Waals surface area contributed by atoms with Crippen LogP contribution in [0.4, 0.5) is 0 Å². The van der Waals surface area contributed by atoms with Gasteiger partial charge in [0.1, 0.15) is 0 Å². The van der Waals surface area contributed by atoms with E-state index < -0.39 is 5.97 Å². The fourth-order valence-electron chi connectivity index (χ4n) is 2.81. The fourth-order valence-corrected chi connectivity index (χ4v) is 2.81. The third-order valence-corrected chi connectivity index (χ3v) is 4.11. The van der Waals surface area contributed by atoms with Crippen LogP contribution in [0.25, 0.3) is 0 Å². The highest BCUT2D eigenvalue weighted by molar-refractivity contribution is 6.06. The minimum atomic E-state index is -1.05. The summed E-state index contributed by atoms with van der Waals surface area (Å²) in [4.78, 5) is 25.9. The van der Waals surface area contributed by atoms with E-state index in [2.05, 4.69) is 0 Å². The van der Waals surface area contributed by atoms with E-state index in [4.69, 9.17) is 4.74 Å². The second-order valence-corrected chi connectivity index (χ2v) is 5.48. The molecule has 1 N–H and O–H groups in total. The van der Waals surface area contributed by atoms with Crippen LogP contribution in [0.2, 0.25) is 0 Å². The molecule has 0 aromatic heterocycles. The van der Waals surface area contributed by atoms with Crippen molar-refractivity contribution in [2.75, 3.05) is 20.2 Å². The quantitative estimate of drug-likeness (QED) is 0.927. The van der Waals surface area contributed by atoms with Crippen LogP contribution in [0.15, 0.2) is 12.1 Å². The Morgan fingerprint density at radius 2 is 1.67 bits per heavy atom. The summed E-state index contributed by atoms with van der Waals surface area (Å²) in [6.45, 7) is 4.70. The maximum absolute atomic E-state index is 12.7. The molecule has 21 heavy (non-hydrogen) atoms. The molecule has 1 heterocycles. The van der Waals surface area contributed by atoms with Gasteiger partial charge in [-0.2, -0.15) is 0 Å². The van der Waals surface area contributed by atoms with Crippen LogP contribution in [0.3, 0.4) is 0 Å². The van der Waals surface area contributed by atoms with E-state index >= 15 is 0 Å². The average Bonchev–Trinajstić information content (AvgIpc) is 2.48. The monoisotopic (exact) mass is 291 g/mol. The van der Waals surface area contributed by atoms with Gasteiger partial charge in [-0.1, -0.05) is 12.1 Å². The maximum atomic E-state index is 12.7. The Morgan fingerprint density at radius 3 is 2.14 bits per heavy atom. The van der Waals surface area contributed by atoms with Crippen LogP contribution in [-0.2, 0) is 4.74 Å². The zero-order valence-corrected chi connectivity index (χ0v) is 12.7. The van der Waals surface area contributed by atoms with E-state index in [1.807, 2.05) is 0 Å². The lowest BCUT2D eigenvalue weighted by Gasteiger charge is -2.32. The van der Waals surface area contributed by atoms with Crippen LogP contribution in [0.1, 0.15) is 44.7 Å². The summed E-state index contributed by atoms with van der Waals surface area (Å²) < 4.78 is 5.30. The molecule has 0 spiro atoms. The van der Waals surface area contributed by atoms with Gasteiger partial charge < -0.3 is 14.7 Å². The minimum Gasteiger partial charge on any atom is -0.478 e. The second kappa shape index (κ2) is 6.26. The van der Waals surface area contributed by atoms with Crippen molar-refractivity contribution < 1.29 is 19.4 Å². The van der Waals surface area contributed by atoms with E-state index in [-0.39, 0.29) is 17.6 Å². The highest BCUT2D eigenvalue weighted by atomic mass is 16.5. The van der Waals surface area contributed by atoms with Crippen molar-refractivity contribution in [3.8, 4) is 0 Å². The molecule has 0 aliphatic carbocycles. The zero-order valence-electron chi connectivity index (χ0n) is 12.7. The number of aromatic carboxylic acids is 1. The van der Waals surface area contributed by atoms with Gasteiger partial charge >= 0.3 is 5.97 Å². The lowest BCUT2D eigenvalue weighted by molar-refractivity contribution is 0.0347. The number of carbonyl (C=O) groups is 2. The maximum Gasteiger partial charge on any atom is 0.336 e. The Hall–Kier alpha value is -1.88. The summed E-state index contributed by atoms with van der Waals surface area (Å²) in [5, 5.41) is 9.41. The van der Waals surface area contributed by atoms with E-state index in [9.17, 15) is 14.7 Å². The number of carboxylic acids is 1. The van der Waals surface area contributed by atoms with Crippen molar-refractivity contribution in [1.82, 2.24) is 4.90 Å². The Balaban J connectivity index is 2.32. The van der Waals surface area contributed by atoms with Gasteiger partial charge in [-0.3, -0.25) is 4.79 Å². The summed E-state index contributed by atoms with van der Waals surface area (Å²) in [5.74, 6) is -1.24. The average molecular weight is 291 g/mol. The summed E-state index contributed by atoms with van der Waals surface area (Å²) in [5.41, 5.74) is 1.76. The van der Waals surface area contributed by atoms with Crippen molar-refractivity contribution in [1.29, 1.82) is 0 Å². The number of methoxy groups -OCH3 is 1. The molecule has 1 saturated heterocycles. The van der Waals surface area contributed by atoms with Crippen LogP contribution < -0.4 is 0 Å². The molecule has 1 aromatic rings. The van der Waals surface area contributed by atoms with Gasteiger partial charge in [0.05, 0.1) is 17.2 Å². The van der Waals surface area contributed by atoms with Gasteiger partial charge in [-0.15, -0.1) is 0 Å². The number of likely N-dealkylation sites (tertiary alicyclic amines) is 1. The molecule has 0 atom stereocenters. The number of hydrogen-bond acceptors (Lipinski definition) is 3. The first-order chi connectivity index (χ1) is 9.95. The standard InChI is InChI=1S/C16H21NO4/c1-10-4-5-11(2)14(16(19)20)13(10)15(18)17-8-6-12(21-3)7-9-17/h4-5,12H,6-9H2,1-3H3,(H,19,20). The van der Waals surface area contributed by atoms with Crippen LogP contribution in [-0.4, -0.2) is 48.2 Å². The van der Waals surface area contributed by atoms with Gasteiger partial charge in [-0.25, -0.2) is 4.79 Å². The number of benzene rings is 1. The number of nitrogens with zero attached hydrogens (tertiary/aromatic N) is 1. The predicted octanol–water partition coefficient (Wildman–Crippen LogP) is 2.25. The molecule has 1 amide bonds. The first kappa shape index (κ1) is 15.5. The third-order valence-electron chi connectivity index (χ3n) is 4.11. The molecule has 0 bridgehead atoms. The molecule has 2 rings (SSSR count). The summed E-state index contributed by atoms with van der Waals surface area (Å²) in [6, 6.07) is 3.55. The van der Waals surface area contributed by atoms with Crippen molar-refractivity contribution in [2.45, 2.75) is 32.8 Å². The van der Waals surface area contributed by atoms with Gasteiger partial charge in [0.15, 0.2) is 0 Å². The molecule has 1 fully saturated rings. The molecule has 0 unspecified atom stereocenters. The second-order valence-electron chi connectivity index (χ2n) is 5.48. The zero-order chi connectivity index (χ0) is 15.6. The minimum absolute atomic E-state index is 0.119. The van der Waals surface area contributed by atoms with Crippen LogP contribution in [0.5, 0.6) is 0 Å². The molecule has 0 saturated carbocycles.